The van der Waals surface area contributed by atoms with Crippen molar-refractivity contribution in [3.8, 4) is 5.75 Å². The second-order valence-corrected chi connectivity index (χ2v) is 5.58. The average molecular weight is 358 g/mol. The van der Waals surface area contributed by atoms with E-state index in [9.17, 15) is 14.4 Å². The number of fused-ring (bicyclic) bond motifs is 1. The van der Waals surface area contributed by atoms with Gasteiger partial charge in [-0.2, -0.15) is 0 Å². The highest BCUT2D eigenvalue weighted by Crippen LogP contribution is 2.38. The smallest absolute Gasteiger partial charge is 0.338 e. The predicted octanol–water partition coefficient (Wildman–Crippen LogP) is 0.363. The molecule has 0 radical (unpaired) electrons. The lowest BCUT2D eigenvalue weighted by molar-refractivity contribution is -0.138. The molecule has 9 nitrogen and oxygen atoms in total. The topological polar surface area (TPSA) is 139 Å². The number of hydrogen-bond donors (Lipinski definition) is 4. The Morgan fingerprint density at radius 3 is 2.50 bits per heavy atom. The van der Waals surface area contributed by atoms with Crippen LogP contribution in [-0.2, 0) is 9.53 Å². The third kappa shape index (κ3) is 2.94. The van der Waals surface area contributed by atoms with E-state index in [0.717, 1.165) is 0 Å². The summed E-state index contributed by atoms with van der Waals surface area (Å²) < 4.78 is 10.2. The first-order valence-corrected chi connectivity index (χ1v) is 7.90. The number of nitrogens with two attached hydrogens (primary N) is 1. The molecule has 0 amide bonds. The van der Waals surface area contributed by atoms with E-state index in [4.69, 9.17) is 15.2 Å². The Balaban J connectivity index is 2.25. The van der Waals surface area contributed by atoms with Gasteiger partial charge >= 0.3 is 11.7 Å². The van der Waals surface area contributed by atoms with E-state index in [1.807, 2.05) is 0 Å². The second kappa shape index (κ2) is 6.79. The number of H-pyrrole nitrogens is 2. The van der Waals surface area contributed by atoms with Crippen molar-refractivity contribution in [3.05, 3.63) is 67.6 Å². The molecular weight excluding hydrogens is 340 g/mol. The molecule has 0 spiro atoms. The SMILES string of the molecule is CCOC(=O)C1=C(N)Nc2[nH]c(=O)[nH]c(=O)c2C1c1ccc(OC)cc1. The summed E-state index contributed by atoms with van der Waals surface area (Å²) in [5.74, 6) is -0.678. The number of aromatic amines is 2. The molecule has 0 saturated heterocycles. The first-order valence-electron chi connectivity index (χ1n) is 7.90. The van der Waals surface area contributed by atoms with Crippen LogP contribution < -0.4 is 27.0 Å². The molecule has 0 saturated carbocycles. The number of rotatable bonds is 4. The van der Waals surface area contributed by atoms with Crippen molar-refractivity contribution in [3.63, 3.8) is 0 Å². The van der Waals surface area contributed by atoms with Crippen molar-refractivity contribution in [1.82, 2.24) is 9.97 Å². The fourth-order valence-corrected chi connectivity index (χ4v) is 2.94. The number of carbonyl (C=O) groups is 1. The van der Waals surface area contributed by atoms with Crippen molar-refractivity contribution in [2.75, 3.05) is 19.0 Å². The number of benzene rings is 1. The Hall–Kier alpha value is -3.49. The summed E-state index contributed by atoms with van der Waals surface area (Å²) in [6, 6.07) is 6.84. The first-order chi connectivity index (χ1) is 12.5. The normalized spacial score (nSPS) is 15.8. The second-order valence-electron chi connectivity index (χ2n) is 5.58. The molecule has 136 valence electrons. The molecule has 0 fully saturated rings. The van der Waals surface area contributed by atoms with E-state index in [0.29, 0.717) is 11.3 Å². The van der Waals surface area contributed by atoms with Gasteiger partial charge in [0.1, 0.15) is 17.4 Å². The number of aromatic nitrogens is 2. The molecule has 3 rings (SSSR count). The minimum atomic E-state index is -0.809. The summed E-state index contributed by atoms with van der Waals surface area (Å²) in [6.07, 6.45) is 0. The lowest BCUT2D eigenvalue weighted by Gasteiger charge is -2.28. The third-order valence-electron chi connectivity index (χ3n) is 4.05. The molecule has 2 heterocycles. The van der Waals surface area contributed by atoms with Gasteiger partial charge in [0.25, 0.3) is 5.56 Å². The van der Waals surface area contributed by atoms with Crippen LogP contribution in [0.5, 0.6) is 5.75 Å². The highest BCUT2D eigenvalue weighted by Gasteiger charge is 2.36. The van der Waals surface area contributed by atoms with Crippen molar-refractivity contribution in [1.29, 1.82) is 0 Å². The molecule has 1 unspecified atom stereocenters. The molecule has 1 aromatic carbocycles. The standard InChI is InChI=1S/C17H18N4O5/c1-3-26-16(23)11-10(8-4-6-9(25-2)7-5-8)12-14(19-13(11)18)20-17(24)21-15(12)22/h4-7,10H,3,18H2,1-2H3,(H3,19,20,21,22,24). The average Bonchev–Trinajstić information content (AvgIpc) is 2.60. The van der Waals surface area contributed by atoms with Crippen LogP contribution >= 0.6 is 0 Å². The number of esters is 1. The molecule has 2 aromatic rings. The van der Waals surface area contributed by atoms with Gasteiger partial charge < -0.3 is 20.5 Å². The number of methoxy groups -OCH3 is 1. The van der Waals surface area contributed by atoms with E-state index in [2.05, 4.69) is 15.3 Å². The molecule has 5 N–H and O–H groups in total. The van der Waals surface area contributed by atoms with Gasteiger partial charge in [-0.3, -0.25) is 14.8 Å². The van der Waals surface area contributed by atoms with Crippen molar-refractivity contribution >= 4 is 11.8 Å². The van der Waals surface area contributed by atoms with Crippen molar-refractivity contribution in [2.24, 2.45) is 5.73 Å². The van der Waals surface area contributed by atoms with Gasteiger partial charge in [0.15, 0.2) is 0 Å². The first kappa shape index (κ1) is 17.3. The number of ether oxygens (including phenoxy) is 2. The van der Waals surface area contributed by atoms with Gasteiger partial charge in [0, 0.05) is 0 Å². The van der Waals surface area contributed by atoms with Crippen LogP contribution in [0.25, 0.3) is 0 Å². The fraction of sp³-hybridized carbons (Fsp3) is 0.235. The molecule has 1 aromatic heterocycles. The van der Waals surface area contributed by atoms with Crippen LogP contribution in [0.4, 0.5) is 5.82 Å². The number of carbonyl (C=O) groups excluding carboxylic acids is 1. The number of nitrogens with one attached hydrogen (secondary N) is 3. The van der Waals surface area contributed by atoms with Gasteiger partial charge in [-0.1, -0.05) is 12.1 Å². The highest BCUT2D eigenvalue weighted by molar-refractivity contribution is 5.94. The van der Waals surface area contributed by atoms with Crippen molar-refractivity contribution < 1.29 is 14.3 Å². The van der Waals surface area contributed by atoms with Gasteiger partial charge in [-0.15, -0.1) is 0 Å². The Morgan fingerprint density at radius 1 is 1.19 bits per heavy atom. The Bertz CT molecular complexity index is 987. The maximum atomic E-state index is 12.5. The predicted molar refractivity (Wildman–Crippen MR) is 94.0 cm³/mol. The van der Waals surface area contributed by atoms with Crippen LogP contribution in [0.2, 0.25) is 0 Å². The van der Waals surface area contributed by atoms with Crippen LogP contribution in [0.15, 0.2) is 45.2 Å². The zero-order valence-electron chi connectivity index (χ0n) is 14.2. The summed E-state index contributed by atoms with van der Waals surface area (Å²) in [5.41, 5.74) is 5.61. The van der Waals surface area contributed by atoms with E-state index >= 15 is 0 Å². The summed E-state index contributed by atoms with van der Waals surface area (Å²) >= 11 is 0. The molecular formula is C17H18N4O5. The molecule has 1 aliphatic heterocycles. The summed E-state index contributed by atoms with van der Waals surface area (Å²) in [6.45, 7) is 1.82. The van der Waals surface area contributed by atoms with E-state index in [-0.39, 0.29) is 29.4 Å². The van der Waals surface area contributed by atoms with Crippen molar-refractivity contribution in [2.45, 2.75) is 12.8 Å². The molecule has 0 bridgehead atoms. The maximum absolute atomic E-state index is 12.5. The number of hydrogen-bond acceptors (Lipinski definition) is 7. The monoisotopic (exact) mass is 358 g/mol. The molecule has 1 atom stereocenters. The van der Waals surface area contributed by atoms with Gasteiger partial charge in [0.2, 0.25) is 0 Å². The Kier molecular flexibility index (Phi) is 4.53. The third-order valence-corrected chi connectivity index (χ3v) is 4.05. The van der Waals surface area contributed by atoms with E-state index < -0.39 is 23.1 Å². The zero-order valence-corrected chi connectivity index (χ0v) is 14.2. The molecule has 9 heteroatoms. The fourth-order valence-electron chi connectivity index (χ4n) is 2.94. The summed E-state index contributed by atoms with van der Waals surface area (Å²) in [5, 5.41) is 2.71. The molecule has 0 aliphatic carbocycles. The Morgan fingerprint density at radius 2 is 1.88 bits per heavy atom. The van der Waals surface area contributed by atoms with E-state index in [1.54, 1.807) is 31.2 Å². The van der Waals surface area contributed by atoms with Crippen LogP contribution in [-0.4, -0.2) is 29.7 Å². The van der Waals surface area contributed by atoms with Crippen LogP contribution in [0, 0.1) is 0 Å². The van der Waals surface area contributed by atoms with Crippen LogP contribution in [0.3, 0.4) is 0 Å². The van der Waals surface area contributed by atoms with Crippen LogP contribution in [0.1, 0.15) is 24.0 Å². The quantitative estimate of drug-likeness (QED) is 0.579. The molecule has 26 heavy (non-hydrogen) atoms. The zero-order chi connectivity index (χ0) is 18.8. The highest BCUT2D eigenvalue weighted by atomic mass is 16.5. The van der Waals surface area contributed by atoms with E-state index in [1.165, 1.54) is 7.11 Å². The Labute approximate surface area is 147 Å². The minimum absolute atomic E-state index is 0.0121. The number of anilines is 1. The maximum Gasteiger partial charge on any atom is 0.338 e. The largest absolute Gasteiger partial charge is 0.497 e. The lowest BCUT2D eigenvalue weighted by Crippen LogP contribution is -2.37. The minimum Gasteiger partial charge on any atom is -0.497 e. The van der Waals surface area contributed by atoms with Gasteiger partial charge in [-0.05, 0) is 24.6 Å². The van der Waals surface area contributed by atoms with Gasteiger partial charge in [-0.25, -0.2) is 9.59 Å². The molecule has 1 aliphatic rings. The van der Waals surface area contributed by atoms with Gasteiger partial charge in [0.05, 0.1) is 30.8 Å². The lowest BCUT2D eigenvalue weighted by atomic mass is 9.83. The summed E-state index contributed by atoms with van der Waals surface area (Å²) in [4.78, 5) is 41.2. The summed E-state index contributed by atoms with van der Waals surface area (Å²) in [7, 11) is 1.53.